The maximum absolute atomic E-state index is 12.0. The van der Waals surface area contributed by atoms with E-state index in [0.717, 1.165) is 5.56 Å². The number of nitrogens with two attached hydrogens (primary N) is 1. The van der Waals surface area contributed by atoms with Gasteiger partial charge in [0.1, 0.15) is 6.10 Å². The van der Waals surface area contributed by atoms with E-state index in [0.29, 0.717) is 6.42 Å². The van der Waals surface area contributed by atoms with Crippen LogP contribution in [0.25, 0.3) is 0 Å². The number of halogens is 2. The van der Waals surface area contributed by atoms with Gasteiger partial charge in [-0.05, 0) is 12.0 Å². The number of carbonyl (C=O) groups is 1. The number of rotatable bonds is 6. The van der Waals surface area contributed by atoms with Gasteiger partial charge in [-0.2, -0.15) is 0 Å². The van der Waals surface area contributed by atoms with Crippen molar-refractivity contribution in [2.45, 2.75) is 25.0 Å². The molecule has 0 aliphatic heterocycles. The lowest BCUT2D eigenvalue weighted by Crippen LogP contribution is -2.45. The summed E-state index contributed by atoms with van der Waals surface area (Å²) in [5.41, 5.74) is 6.51. The fourth-order valence-corrected chi connectivity index (χ4v) is 1.39. The van der Waals surface area contributed by atoms with Crippen molar-refractivity contribution in [1.29, 1.82) is 0 Å². The number of aliphatic hydroxyl groups excluding tert-OH is 1. The van der Waals surface area contributed by atoms with Crippen molar-refractivity contribution in [1.82, 2.24) is 5.32 Å². The molecule has 4 N–H and O–H groups in total. The Bertz CT molecular complexity index is 374. The van der Waals surface area contributed by atoms with Crippen LogP contribution in [-0.4, -0.2) is 36.1 Å². The van der Waals surface area contributed by atoms with E-state index in [4.69, 9.17) is 10.8 Å². The summed E-state index contributed by atoms with van der Waals surface area (Å²) in [7, 11) is 0. The Labute approximate surface area is 104 Å². The van der Waals surface area contributed by atoms with Gasteiger partial charge in [-0.15, -0.1) is 0 Å². The number of benzene rings is 1. The topological polar surface area (TPSA) is 75.4 Å². The number of hydrogen-bond donors (Lipinski definition) is 3. The molecule has 0 bridgehead atoms. The summed E-state index contributed by atoms with van der Waals surface area (Å²) in [6.45, 7) is -0.501. The van der Waals surface area contributed by atoms with Crippen molar-refractivity contribution >= 4 is 5.91 Å². The minimum Gasteiger partial charge on any atom is -0.385 e. The van der Waals surface area contributed by atoms with Crippen LogP contribution in [0.3, 0.4) is 0 Å². The van der Waals surface area contributed by atoms with Crippen LogP contribution in [0.15, 0.2) is 30.3 Å². The van der Waals surface area contributed by atoms with E-state index in [1.54, 1.807) is 0 Å². The second-order valence-electron chi connectivity index (χ2n) is 3.94. The lowest BCUT2D eigenvalue weighted by atomic mass is 10.1. The van der Waals surface area contributed by atoms with Gasteiger partial charge in [-0.25, -0.2) is 8.78 Å². The third-order valence-electron chi connectivity index (χ3n) is 2.41. The third-order valence-corrected chi connectivity index (χ3v) is 2.41. The molecule has 0 aliphatic rings. The molecule has 1 amide bonds. The summed E-state index contributed by atoms with van der Waals surface area (Å²) in [5, 5.41) is 11.0. The van der Waals surface area contributed by atoms with E-state index in [9.17, 15) is 13.6 Å². The zero-order chi connectivity index (χ0) is 13.5. The van der Waals surface area contributed by atoms with Crippen LogP contribution in [0.4, 0.5) is 8.78 Å². The highest BCUT2D eigenvalue weighted by atomic mass is 19.3. The molecule has 1 unspecified atom stereocenters. The van der Waals surface area contributed by atoms with Crippen molar-refractivity contribution in [2.75, 3.05) is 6.54 Å². The van der Waals surface area contributed by atoms with Gasteiger partial charge in [0.05, 0.1) is 6.04 Å². The Kier molecular flexibility index (Phi) is 5.67. The predicted molar refractivity (Wildman–Crippen MR) is 63.1 cm³/mol. The molecule has 0 aliphatic carbocycles. The fraction of sp³-hybridized carbons (Fsp3) is 0.417. The number of carbonyl (C=O) groups excluding carboxylic acids is 1. The second-order valence-corrected chi connectivity index (χ2v) is 3.94. The average Bonchev–Trinajstić information content (AvgIpc) is 2.36. The summed E-state index contributed by atoms with van der Waals surface area (Å²) in [6.07, 6.45) is -4.43. The first-order valence-electron chi connectivity index (χ1n) is 5.54. The molecule has 100 valence electrons. The number of aliphatic hydroxyl groups is 1. The maximum Gasteiger partial charge on any atom is 0.265 e. The molecule has 0 radical (unpaired) electrons. The van der Waals surface area contributed by atoms with Crippen LogP contribution in [0, 0.1) is 0 Å². The molecule has 1 rings (SSSR count). The van der Waals surface area contributed by atoms with Gasteiger partial charge < -0.3 is 16.2 Å². The molecule has 1 aromatic rings. The summed E-state index contributed by atoms with van der Waals surface area (Å²) in [6, 6.07) is 8.30. The zero-order valence-electron chi connectivity index (χ0n) is 9.72. The SMILES string of the molecule is N[C@H](Cc1ccccc1)C(=O)NCC(O)C(F)F. The van der Waals surface area contributed by atoms with Crippen LogP contribution < -0.4 is 11.1 Å². The van der Waals surface area contributed by atoms with Gasteiger partial charge in [0.2, 0.25) is 5.91 Å². The first kappa shape index (κ1) is 14.5. The van der Waals surface area contributed by atoms with E-state index >= 15 is 0 Å². The highest BCUT2D eigenvalue weighted by Crippen LogP contribution is 2.02. The Balaban J connectivity index is 2.38. The number of hydrogen-bond acceptors (Lipinski definition) is 3. The molecule has 6 heteroatoms. The van der Waals surface area contributed by atoms with Crippen LogP contribution in [0.5, 0.6) is 0 Å². The van der Waals surface area contributed by atoms with E-state index in [2.05, 4.69) is 5.32 Å². The molecule has 0 saturated carbocycles. The van der Waals surface area contributed by atoms with Crippen molar-refractivity contribution in [3.63, 3.8) is 0 Å². The Hall–Kier alpha value is -1.53. The third kappa shape index (κ3) is 4.77. The molecular weight excluding hydrogens is 242 g/mol. The fourth-order valence-electron chi connectivity index (χ4n) is 1.39. The lowest BCUT2D eigenvalue weighted by Gasteiger charge is -2.14. The molecular formula is C12H16F2N2O2. The van der Waals surface area contributed by atoms with E-state index in [1.165, 1.54) is 0 Å². The molecule has 4 nitrogen and oxygen atoms in total. The molecule has 0 aromatic heterocycles. The minimum atomic E-state index is -2.88. The van der Waals surface area contributed by atoms with Crippen molar-refractivity contribution in [3.8, 4) is 0 Å². The lowest BCUT2D eigenvalue weighted by molar-refractivity contribution is -0.123. The number of alkyl halides is 2. The van der Waals surface area contributed by atoms with E-state index < -0.39 is 31.0 Å². The predicted octanol–water partition coefficient (Wildman–Crippen LogP) is 0.299. The number of nitrogens with one attached hydrogen (secondary N) is 1. The maximum atomic E-state index is 12.0. The summed E-state index contributed by atoms with van der Waals surface area (Å²) in [5.74, 6) is -0.557. The van der Waals surface area contributed by atoms with Crippen LogP contribution >= 0.6 is 0 Å². The number of amides is 1. The highest BCUT2D eigenvalue weighted by Gasteiger charge is 2.19. The Morgan fingerprint density at radius 3 is 2.50 bits per heavy atom. The zero-order valence-corrected chi connectivity index (χ0v) is 9.72. The van der Waals surface area contributed by atoms with Gasteiger partial charge in [0.25, 0.3) is 6.43 Å². The first-order valence-corrected chi connectivity index (χ1v) is 5.54. The van der Waals surface area contributed by atoms with Gasteiger partial charge >= 0.3 is 0 Å². The van der Waals surface area contributed by atoms with Gasteiger partial charge in [0.15, 0.2) is 0 Å². The van der Waals surface area contributed by atoms with Crippen molar-refractivity contribution < 1.29 is 18.7 Å². The van der Waals surface area contributed by atoms with Crippen molar-refractivity contribution in [3.05, 3.63) is 35.9 Å². The van der Waals surface area contributed by atoms with Crippen LogP contribution in [0.1, 0.15) is 5.56 Å². The normalized spacial score (nSPS) is 14.3. The van der Waals surface area contributed by atoms with Gasteiger partial charge in [-0.1, -0.05) is 30.3 Å². The Morgan fingerprint density at radius 2 is 1.94 bits per heavy atom. The van der Waals surface area contributed by atoms with Gasteiger partial charge in [-0.3, -0.25) is 4.79 Å². The molecule has 0 fully saturated rings. The van der Waals surface area contributed by atoms with Crippen molar-refractivity contribution in [2.24, 2.45) is 5.73 Å². The molecule has 0 saturated heterocycles. The molecule has 0 heterocycles. The molecule has 2 atom stereocenters. The summed E-state index contributed by atoms with van der Waals surface area (Å²) in [4.78, 5) is 11.5. The summed E-state index contributed by atoms with van der Waals surface area (Å²) < 4.78 is 24.0. The van der Waals surface area contributed by atoms with E-state index in [1.807, 2.05) is 30.3 Å². The molecule has 1 aromatic carbocycles. The highest BCUT2D eigenvalue weighted by molar-refractivity contribution is 5.81. The standard InChI is InChI=1S/C12H16F2N2O2/c13-11(14)10(17)7-16-12(18)9(15)6-8-4-2-1-3-5-8/h1-5,9-11,17H,6-7,15H2,(H,16,18)/t9-,10?/m1/s1. The van der Waals surface area contributed by atoms with Crippen LogP contribution in [0.2, 0.25) is 0 Å². The molecule has 18 heavy (non-hydrogen) atoms. The largest absolute Gasteiger partial charge is 0.385 e. The quantitative estimate of drug-likeness (QED) is 0.687. The second kappa shape index (κ2) is 7.03. The van der Waals surface area contributed by atoms with E-state index in [-0.39, 0.29) is 0 Å². The summed E-state index contributed by atoms with van der Waals surface area (Å²) >= 11 is 0. The molecule has 0 spiro atoms. The van der Waals surface area contributed by atoms with Crippen LogP contribution in [-0.2, 0) is 11.2 Å². The Morgan fingerprint density at radius 1 is 1.33 bits per heavy atom. The minimum absolute atomic E-state index is 0.317. The van der Waals surface area contributed by atoms with Gasteiger partial charge in [0, 0.05) is 6.54 Å². The average molecular weight is 258 g/mol. The monoisotopic (exact) mass is 258 g/mol. The smallest absolute Gasteiger partial charge is 0.265 e. The first-order chi connectivity index (χ1) is 8.50.